The number of hydrogen-bond acceptors (Lipinski definition) is 4. The second-order valence-electron chi connectivity index (χ2n) is 7.22. The van der Waals surface area contributed by atoms with Crippen LogP contribution in [0.25, 0.3) is 0 Å². The molecule has 0 amide bonds. The van der Waals surface area contributed by atoms with Gasteiger partial charge in [0.1, 0.15) is 5.75 Å². The van der Waals surface area contributed by atoms with Gasteiger partial charge in [0.25, 0.3) is 0 Å². The van der Waals surface area contributed by atoms with Gasteiger partial charge in [-0.25, -0.2) is 8.42 Å². The molecule has 2 aromatic rings. The van der Waals surface area contributed by atoms with Crippen molar-refractivity contribution < 1.29 is 13.2 Å². The fourth-order valence-electron chi connectivity index (χ4n) is 2.80. The summed E-state index contributed by atoms with van der Waals surface area (Å²) in [5, 5.41) is 6.57. The van der Waals surface area contributed by atoms with E-state index in [1.807, 2.05) is 43.3 Å². The van der Waals surface area contributed by atoms with E-state index in [0.29, 0.717) is 11.5 Å². The Hall–Kier alpha value is -2.54. The highest BCUT2D eigenvalue weighted by atomic mass is 32.2. The Kier molecular flexibility index (Phi) is 9.67. The zero-order chi connectivity index (χ0) is 21.8. The molecule has 0 fully saturated rings. The Morgan fingerprint density at radius 1 is 1.00 bits per heavy atom. The lowest BCUT2D eigenvalue weighted by Crippen LogP contribution is -2.38. The summed E-state index contributed by atoms with van der Waals surface area (Å²) >= 11 is 0. The van der Waals surface area contributed by atoms with Crippen LogP contribution in [0.4, 0.5) is 0 Å². The third kappa shape index (κ3) is 8.86. The summed E-state index contributed by atoms with van der Waals surface area (Å²) in [5.74, 6) is 1.70. The molecule has 0 aliphatic carbocycles. The smallest absolute Gasteiger partial charge is 0.191 e. The molecule has 0 saturated carbocycles. The van der Waals surface area contributed by atoms with Gasteiger partial charge in [0, 0.05) is 25.9 Å². The molecular weight excluding hydrogens is 398 g/mol. The molecule has 7 heteroatoms. The van der Waals surface area contributed by atoms with Gasteiger partial charge in [-0.1, -0.05) is 29.8 Å². The van der Waals surface area contributed by atoms with E-state index < -0.39 is 9.84 Å². The number of benzene rings is 2. The van der Waals surface area contributed by atoms with E-state index in [9.17, 15) is 8.42 Å². The quantitative estimate of drug-likeness (QED) is 0.324. The Bertz CT molecular complexity index is 892. The second kappa shape index (κ2) is 12.2. The number of unbranched alkanes of at least 4 members (excludes halogenated alkanes) is 1. The summed E-state index contributed by atoms with van der Waals surface area (Å²) in [7, 11) is -3.15. The number of aryl methyl sites for hydroxylation is 1. The summed E-state index contributed by atoms with van der Waals surface area (Å²) in [5.41, 5.74) is 2.31. The largest absolute Gasteiger partial charge is 0.494 e. The van der Waals surface area contributed by atoms with Crippen LogP contribution in [-0.2, 0) is 16.3 Å². The lowest BCUT2D eigenvalue weighted by Gasteiger charge is -2.11. The molecule has 2 N–H and O–H groups in total. The molecule has 0 saturated heterocycles. The molecule has 2 rings (SSSR count). The highest BCUT2D eigenvalue weighted by molar-refractivity contribution is 7.90. The zero-order valence-electron chi connectivity index (χ0n) is 18.1. The predicted octanol–water partition coefficient (Wildman–Crippen LogP) is 3.36. The summed E-state index contributed by atoms with van der Waals surface area (Å²) < 4.78 is 28.8. The highest BCUT2D eigenvalue weighted by Crippen LogP contribution is 2.12. The highest BCUT2D eigenvalue weighted by Gasteiger charge is 2.06. The molecule has 30 heavy (non-hydrogen) atoms. The van der Waals surface area contributed by atoms with Crippen LogP contribution < -0.4 is 15.4 Å². The van der Waals surface area contributed by atoms with E-state index in [0.717, 1.165) is 56.2 Å². The van der Waals surface area contributed by atoms with Crippen LogP contribution in [0.5, 0.6) is 5.75 Å². The molecule has 0 aromatic heterocycles. The van der Waals surface area contributed by atoms with Crippen LogP contribution in [0, 0.1) is 6.92 Å². The van der Waals surface area contributed by atoms with Gasteiger partial charge >= 0.3 is 0 Å². The lowest BCUT2D eigenvalue weighted by molar-refractivity contribution is 0.308. The predicted molar refractivity (Wildman–Crippen MR) is 123 cm³/mol. The van der Waals surface area contributed by atoms with Crippen molar-refractivity contribution in [2.75, 3.05) is 32.5 Å². The lowest BCUT2D eigenvalue weighted by atomic mass is 10.1. The normalized spacial score (nSPS) is 11.9. The SMILES string of the molecule is CCNC(=NCCCCOc1ccc(C)cc1)NCCc1ccc(S(C)(=O)=O)cc1. The number of guanidine groups is 1. The van der Waals surface area contributed by atoms with Gasteiger partial charge in [0.2, 0.25) is 0 Å². The van der Waals surface area contributed by atoms with Gasteiger partial charge in [-0.05, 0) is 62.9 Å². The molecule has 0 heterocycles. The van der Waals surface area contributed by atoms with Crippen LogP contribution in [0.3, 0.4) is 0 Å². The Morgan fingerprint density at radius 2 is 1.70 bits per heavy atom. The fourth-order valence-corrected chi connectivity index (χ4v) is 3.43. The number of nitrogens with zero attached hydrogens (tertiary/aromatic N) is 1. The number of rotatable bonds is 11. The van der Waals surface area contributed by atoms with E-state index in [4.69, 9.17) is 4.74 Å². The molecule has 0 aliphatic rings. The van der Waals surface area contributed by atoms with Gasteiger partial charge < -0.3 is 15.4 Å². The summed E-state index contributed by atoms with van der Waals surface area (Å²) in [6, 6.07) is 15.1. The van der Waals surface area contributed by atoms with Crippen LogP contribution in [-0.4, -0.2) is 46.9 Å². The fraction of sp³-hybridized carbons (Fsp3) is 0.435. The number of hydrogen-bond donors (Lipinski definition) is 2. The molecule has 0 bridgehead atoms. The number of sulfone groups is 1. The minimum atomic E-state index is -3.15. The first-order valence-electron chi connectivity index (χ1n) is 10.4. The van der Waals surface area contributed by atoms with Gasteiger partial charge in [-0.2, -0.15) is 0 Å². The average molecular weight is 432 g/mol. The van der Waals surface area contributed by atoms with Crippen molar-refractivity contribution in [3.05, 3.63) is 59.7 Å². The van der Waals surface area contributed by atoms with E-state index in [1.54, 1.807) is 12.1 Å². The average Bonchev–Trinajstić information content (AvgIpc) is 2.71. The van der Waals surface area contributed by atoms with E-state index in [-0.39, 0.29) is 0 Å². The first-order chi connectivity index (χ1) is 14.4. The minimum absolute atomic E-state index is 0.348. The van der Waals surface area contributed by atoms with Crippen LogP contribution in [0.1, 0.15) is 30.9 Å². The molecule has 0 unspecified atom stereocenters. The van der Waals surface area contributed by atoms with Gasteiger partial charge in [-0.15, -0.1) is 0 Å². The first kappa shape index (κ1) is 23.7. The summed E-state index contributed by atoms with van der Waals surface area (Å²) in [6.07, 6.45) is 3.91. The molecule has 0 spiro atoms. The van der Waals surface area contributed by atoms with Crippen molar-refractivity contribution in [1.82, 2.24) is 10.6 Å². The van der Waals surface area contributed by atoms with Crippen LogP contribution in [0.2, 0.25) is 0 Å². The van der Waals surface area contributed by atoms with Crippen molar-refractivity contribution in [3.8, 4) is 5.75 Å². The van der Waals surface area contributed by atoms with Gasteiger partial charge in [0.15, 0.2) is 15.8 Å². The topological polar surface area (TPSA) is 79.8 Å². The van der Waals surface area contributed by atoms with Crippen LogP contribution in [0.15, 0.2) is 58.4 Å². The minimum Gasteiger partial charge on any atom is -0.494 e. The van der Waals surface area contributed by atoms with E-state index >= 15 is 0 Å². The van der Waals surface area contributed by atoms with E-state index in [2.05, 4.69) is 22.5 Å². The van der Waals surface area contributed by atoms with Gasteiger partial charge in [-0.3, -0.25) is 4.99 Å². The first-order valence-corrected chi connectivity index (χ1v) is 12.3. The summed E-state index contributed by atoms with van der Waals surface area (Å²) in [6.45, 7) is 7.04. The third-order valence-electron chi connectivity index (χ3n) is 4.51. The van der Waals surface area contributed by atoms with Crippen molar-refractivity contribution in [3.63, 3.8) is 0 Å². The number of aliphatic imine (C=N–C) groups is 1. The summed E-state index contributed by atoms with van der Waals surface area (Å²) in [4.78, 5) is 4.95. The molecule has 0 radical (unpaired) electrons. The molecule has 164 valence electrons. The standard InChI is InChI=1S/C23H33N3O3S/c1-4-24-23(25-16-5-6-18-29-21-11-7-19(2)8-12-21)26-17-15-20-9-13-22(14-10-20)30(3,27)28/h7-14H,4-6,15-18H2,1-3H3,(H2,24,25,26). The third-order valence-corrected chi connectivity index (χ3v) is 5.64. The Balaban J connectivity index is 1.68. The van der Waals surface area contributed by atoms with Crippen molar-refractivity contribution in [1.29, 1.82) is 0 Å². The molecular formula is C23H33N3O3S. The Labute approximate surface area is 180 Å². The maximum Gasteiger partial charge on any atom is 0.191 e. The maximum absolute atomic E-state index is 11.5. The molecule has 2 aromatic carbocycles. The monoisotopic (exact) mass is 431 g/mol. The van der Waals surface area contributed by atoms with Crippen molar-refractivity contribution in [2.24, 2.45) is 4.99 Å². The maximum atomic E-state index is 11.5. The number of ether oxygens (including phenoxy) is 1. The van der Waals surface area contributed by atoms with Gasteiger partial charge in [0.05, 0.1) is 11.5 Å². The zero-order valence-corrected chi connectivity index (χ0v) is 19.0. The van der Waals surface area contributed by atoms with Crippen molar-refractivity contribution in [2.45, 2.75) is 38.0 Å². The Morgan fingerprint density at radius 3 is 2.33 bits per heavy atom. The molecule has 6 nitrogen and oxygen atoms in total. The van der Waals surface area contributed by atoms with Crippen molar-refractivity contribution >= 4 is 15.8 Å². The number of nitrogens with one attached hydrogen (secondary N) is 2. The van der Waals surface area contributed by atoms with E-state index in [1.165, 1.54) is 11.8 Å². The van der Waals surface area contributed by atoms with Crippen LogP contribution >= 0.6 is 0 Å². The molecule has 0 aliphatic heterocycles. The molecule has 0 atom stereocenters. The second-order valence-corrected chi connectivity index (χ2v) is 9.24.